The van der Waals surface area contributed by atoms with Crippen LogP contribution < -0.4 is 10.1 Å². The lowest BCUT2D eigenvalue weighted by molar-refractivity contribution is -0.137. The SMILES string of the molecule is COc1c(CNCC(O)c2cccc(C(F)(F)F)c2)c(C)nn1C. The fraction of sp³-hybridized carbons (Fsp3) is 0.438. The minimum absolute atomic E-state index is 0.110. The molecule has 0 aliphatic rings. The topological polar surface area (TPSA) is 59.3 Å². The van der Waals surface area contributed by atoms with Crippen LogP contribution in [0.5, 0.6) is 5.88 Å². The van der Waals surface area contributed by atoms with Gasteiger partial charge in [0.05, 0.1) is 30.0 Å². The van der Waals surface area contributed by atoms with Crippen LogP contribution in [0.4, 0.5) is 13.2 Å². The summed E-state index contributed by atoms with van der Waals surface area (Å²) in [6, 6.07) is 4.70. The number of hydrogen-bond acceptors (Lipinski definition) is 4. The summed E-state index contributed by atoms with van der Waals surface area (Å²) in [5.41, 5.74) is 1.07. The zero-order valence-corrected chi connectivity index (χ0v) is 13.7. The molecular formula is C16H20F3N3O2. The van der Waals surface area contributed by atoms with Gasteiger partial charge in [0.15, 0.2) is 0 Å². The first-order valence-electron chi connectivity index (χ1n) is 7.36. The third-order valence-electron chi connectivity index (χ3n) is 3.72. The van der Waals surface area contributed by atoms with E-state index in [4.69, 9.17) is 4.74 Å². The number of hydrogen-bond donors (Lipinski definition) is 2. The zero-order chi connectivity index (χ0) is 17.9. The third kappa shape index (κ3) is 4.07. The van der Waals surface area contributed by atoms with Crippen LogP contribution in [0, 0.1) is 6.92 Å². The summed E-state index contributed by atoms with van der Waals surface area (Å²) < 4.78 is 45.0. The smallest absolute Gasteiger partial charge is 0.416 e. The molecule has 0 amide bonds. The van der Waals surface area contributed by atoms with Crippen LogP contribution >= 0.6 is 0 Å². The van der Waals surface area contributed by atoms with Crippen LogP contribution in [0.3, 0.4) is 0 Å². The van der Waals surface area contributed by atoms with E-state index in [1.807, 2.05) is 6.92 Å². The lowest BCUT2D eigenvalue weighted by Crippen LogP contribution is -2.22. The van der Waals surface area contributed by atoms with Crippen LogP contribution in [0.15, 0.2) is 24.3 Å². The Morgan fingerprint density at radius 3 is 2.71 bits per heavy atom. The quantitative estimate of drug-likeness (QED) is 0.846. The number of aromatic nitrogens is 2. The maximum atomic E-state index is 12.7. The summed E-state index contributed by atoms with van der Waals surface area (Å²) in [7, 11) is 3.30. The van der Waals surface area contributed by atoms with Gasteiger partial charge in [0.1, 0.15) is 0 Å². The van der Waals surface area contributed by atoms with E-state index in [0.717, 1.165) is 23.4 Å². The average molecular weight is 343 g/mol. The van der Waals surface area contributed by atoms with E-state index in [1.165, 1.54) is 19.2 Å². The number of nitrogens with one attached hydrogen (secondary N) is 1. The van der Waals surface area contributed by atoms with E-state index >= 15 is 0 Å². The van der Waals surface area contributed by atoms with Gasteiger partial charge in [-0.15, -0.1) is 0 Å². The van der Waals surface area contributed by atoms with Crippen LogP contribution in [0.2, 0.25) is 0 Å². The Hall–Kier alpha value is -2.06. The second kappa shape index (κ2) is 7.23. The molecule has 0 saturated carbocycles. The maximum absolute atomic E-state index is 12.7. The Balaban J connectivity index is 2.00. The van der Waals surface area contributed by atoms with Crippen molar-refractivity contribution in [2.24, 2.45) is 7.05 Å². The van der Waals surface area contributed by atoms with Crippen molar-refractivity contribution in [2.45, 2.75) is 25.7 Å². The van der Waals surface area contributed by atoms with Gasteiger partial charge in [0, 0.05) is 20.1 Å². The molecule has 1 atom stereocenters. The van der Waals surface area contributed by atoms with Crippen LogP contribution in [-0.2, 0) is 19.8 Å². The number of aliphatic hydroxyl groups excluding tert-OH is 1. The third-order valence-corrected chi connectivity index (χ3v) is 3.72. The molecule has 1 aromatic heterocycles. The number of aliphatic hydroxyl groups is 1. The van der Waals surface area contributed by atoms with Gasteiger partial charge in [-0.1, -0.05) is 12.1 Å². The van der Waals surface area contributed by atoms with E-state index in [0.29, 0.717) is 12.4 Å². The first kappa shape index (κ1) is 18.3. The van der Waals surface area contributed by atoms with E-state index in [-0.39, 0.29) is 12.1 Å². The minimum Gasteiger partial charge on any atom is -0.481 e. The molecule has 1 heterocycles. The summed E-state index contributed by atoms with van der Waals surface area (Å²) in [5.74, 6) is 0.605. The standard InChI is InChI=1S/C16H20F3N3O2/c1-10-13(15(24-3)22(2)21-10)8-20-9-14(23)11-5-4-6-12(7-11)16(17,18)19/h4-7,14,20,23H,8-9H2,1-3H3. The van der Waals surface area contributed by atoms with Gasteiger partial charge in [-0.3, -0.25) is 0 Å². The predicted octanol–water partition coefficient (Wildman–Crippen LogP) is 2.58. The van der Waals surface area contributed by atoms with Crippen molar-refractivity contribution in [1.82, 2.24) is 15.1 Å². The first-order chi connectivity index (χ1) is 11.2. The molecule has 1 aromatic carbocycles. The Bertz CT molecular complexity index is 698. The number of halogens is 3. The number of nitrogens with zero attached hydrogens (tertiary/aromatic N) is 2. The molecule has 0 fully saturated rings. The van der Waals surface area contributed by atoms with Crippen molar-refractivity contribution < 1.29 is 23.0 Å². The number of aryl methyl sites for hydroxylation is 2. The van der Waals surface area contributed by atoms with Gasteiger partial charge in [0.25, 0.3) is 0 Å². The second-order valence-electron chi connectivity index (χ2n) is 5.47. The van der Waals surface area contributed by atoms with Gasteiger partial charge in [-0.25, -0.2) is 4.68 Å². The lowest BCUT2D eigenvalue weighted by atomic mass is 10.1. The molecule has 0 aliphatic carbocycles. The van der Waals surface area contributed by atoms with Gasteiger partial charge in [0.2, 0.25) is 5.88 Å². The van der Waals surface area contributed by atoms with Crippen LogP contribution in [-0.4, -0.2) is 28.5 Å². The molecule has 1 unspecified atom stereocenters. The molecule has 132 valence electrons. The second-order valence-corrected chi connectivity index (χ2v) is 5.47. The number of rotatable bonds is 6. The molecule has 2 rings (SSSR count). The molecule has 8 heteroatoms. The molecule has 0 bridgehead atoms. The van der Waals surface area contributed by atoms with Gasteiger partial charge in [-0.2, -0.15) is 18.3 Å². The summed E-state index contributed by atoms with van der Waals surface area (Å²) in [6.07, 6.45) is -5.47. The Labute approximate surface area is 138 Å². The highest BCUT2D eigenvalue weighted by Crippen LogP contribution is 2.30. The zero-order valence-electron chi connectivity index (χ0n) is 13.7. The number of alkyl halides is 3. The molecule has 24 heavy (non-hydrogen) atoms. The summed E-state index contributed by atoms with van der Waals surface area (Å²) >= 11 is 0. The molecule has 2 N–H and O–H groups in total. The van der Waals surface area contributed by atoms with Gasteiger partial charge < -0.3 is 15.2 Å². The largest absolute Gasteiger partial charge is 0.481 e. The Kier molecular flexibility index (Phi) is 5.51. The van der Waals surface area contributed by atoms with E-state index in [2.05, 4.69) is 10.4 Å². The van der Waals surface area contributed by atoms with Crippen molar-refractivity contribution in [3.8, 4) is 5.88 Å². The summed E-state index contributed by atoms with van der Waals surface area (Å²) in [4.78, 5) is 0. The van der Waals surface area contributed by atoms with Crippen molar-refractivity contribution in [1.29, 1.82) is 0 Å². The maximum Gasteiger partial charge on any atom is 0.416 e. The van der Waals surface area contributed by atoms with Crippen molar-refractivity contribution in [3.05, 3.63) is 46.6 Å². The molecule has 2 aromatic rings. The Morgan fingerprint density at radius 1 is 1.38 bits per heavy atom. The molecule has 5 nitrogen and oxygen atoms in total. The lowest BCUT2D eigenvalue weighted by Gasteiger charge is -2.15. The van der Waals surface area contributed by atoms with E-state index < -0.39 is 17.8 Å². The average Bonchev–Trinajstić information content (AvgIpc) is 2.79. The summed E-state index contributed by atoms with van der Waals surface area (Å²) in [5, 5.41) is 17.4. The fourth-order valence-electron chi connectivity index (χ4n) is 2.51. The van der Waals surface area contributed by atoms with Gasteiger partial charge in [-0.05, 0) is 24.6 Å². The highest BCUT2D eigenvalue weighted by atomic mass is 19.4. The molecule has 0 aliphatic heterocycles. The summed E-state index contributed by atoms with van der Waals surface area (Å²) in [6.45, 7) is 2.33. The normalized spacial score (nSPS) is 13.1. The van der Waals surface area contributed by atoms with Crippen molar-refractivity contribution in [2.75, 3.05) is 13.7 Å². The first-order valence-corrected chi connectivity index (χ1v) is 7.36. The van der Waals surface area contributed by atoms with Crippen molar-refractivity contribution in [3.63, 3.8) is 0 Å². The van der Waals surface area contributed by atoms with Gasteiger partial charge >= 0.3 is 6.18 Å². The highest BCUT2D eigenvalue weighted by molar-refractivity contribution is 5.31. The number of benzene rings is 1. The van der Waals surface area contributed by atoms with Crippen molar-refractivity contribution >= 4 is 0 Å². The fourth-order valence-corrected chi connectivity index (χ4v) is 2.51. The number of methoxy groups -OCH3 is 1. The predicted molar refractivity (Wildman–Crippen MR) is 82.6 cm³/mol. The number of ether oxygens (including phenoxy) is 1. The monoisotopic (exact) mass is 343 g/mol. The molecule has 0 spiro atoms. The van der Waals surface area contributed by atoms with E-state index in [9.17, 15) is 18.3 Å². The van der Waals surface area contributed by atoms with Crippen LogP contribution in [0.1, 0.15) is 28.5 Å². The van der Waals surface area contributed by atoms with Crippen LogP contribution in [0.25, 0.3) is 0 Å². The molecule has 0 radical (unpaired) electrons. The molecule has 0 saturated heterocycles. The highest BCUT2D eigenvalue weighted by Gasteiger charge is 2.30. The minimum atomic E-state index is -4.43. The van der Waals surface area contributed by atoms with E-state index in [1.54, 1.807) is 11.7 Å². The molecular weight excluding hydrogens is 323 g/mol. The Morgan fingerprint density at radius 2 is 2.08 bits per heavy atom.